The van der Waals surface area contributed by atoms with Crippen molar-refractivity contribution in [3.63, 3.8) is 0 Å². The molecule has 1 aromatic rings. The molecule has 0 atom stereocenters. The Kier molecular flexibility index (Phi) is 2.36. The Labute approximate surface area is 66.3 Å². The van der Waals surface area contributed by atoms with Gasteiger partial charge in [-0.25, -0.2) is 0 Å². The molecule has 0 N–H and O–H groups in total. The van der Waals surface area contributed by atoms with Crippen LogP contribution in [-0.2, 0) is 0 Å². The lowest BCUT2D eigenvalue weighted by molar-refractivity contribution is 0.0987. The van der Waals surface area contributed by atoms with E-state index in [1.54, 1.807) is 18.5 Å². The fourth-order valence-electron chi connectivity index (χ4n) is 0.977. The number of carbonyl (C=O) groups is 1. The van der Waals surface area contributed by atoms with Gasteiger partial charge in [0.15, 0.2) is 5.78 Å². The van der Waals surface area contributed by atoms with Crippen LogP contribution in [0, 0.1) is 6.92 Å². The Morgan fingerprint density at radius 3 is 2.91 bits per heavy atom. The number of carbonyl (C=O) groups excluding carboxylic acids is 1. The Balaban J connectivity index is 3.03. The van der Waals surface area contributed by atoms with E-state index in [4.69, 9.17) is 0 Å². The molecule has 2 heteroatoms. The third kappa shape index (κ3) is 1.64. The van der Waals surface area contributed by atoms with E-state index >= 15 is 0 Å². The fraction of sp³-hybridized carbons (Fsp3) is 0.333. The Morgan fingerprint density at radius 1 is 1.64 bits per heavy atom. The molecule has 1 heterocycles. The molecule has 0 saturated heterocycles. The van der Waals surface area contributed by atoms with Crippen molar-refractivity contribution in [2.45, 2.75) is 20.3 Å². The molecule has 11 heavy (non-hydrogen) atoms. The number of nitrogens with zero attached hydrogens (tertiary/aromatic N) is 1. The maximum atomic E-state index is 11.2. The van der Waals surface area contributed by atoms with Gasteiger partial charge in [0.1, 0.15) is 0 Å². The van der Waals surface area contributed by atoms with Crippen LogP contribution in [0.2, 0.25) is 0 Å². The van der Waals surface area contributed by atoms with Crippen molar-refractivity contribution in [1.82, 2.24) is 4.98 Å². The number of ketones is 1. The number of rotatable bonds is 2. The van der Waals surface area contributed by atoms with Gasteiger partial charge in [-0.3, -0.25) is 9.78 Å². The lowest BCUT2D eigenvalue weighted by Gasteiger charge is -1.99. The summed E-state index contributed by atoms with van der Waals surface area (Å²) in [6.45, 7) is 3.76. The minimum absolute atomic E-state index is 0.185. The second-order valence-electron chi connectivity index (χ2n) is 2.47. The van der Waals surface area contributed by atoms with Crippen molar-refractivity contribution >= 4 is 5.78 Å². The number of Topliss-reactive ketones (excluding diaryl/α,β-unsaturated/α-hetero) is 1. The molecule has 0 unspecified atom stereocenters. The average molecular weight is 149 g/mol. The van der Waals surface area contributed by atoms with Gasteiger partial charge in [-0.1, -0.05) is 6.92 Å². The van der Waals surface area contributed by atoms with Crippen LogP contribution in [0.5, 0.6) is 0 Å². The molecule has 1 aromatic heterocycles. The highest BCUT2D eigenvalue weighted by atomic mass is 16.1. The molecule has 0 bridgehead atoms. The summed E-state index contributed by atoms with van der Waals surface area (Å²) in [5.41, 5.74) is 1.75. The normalized spacial score (nSPS) is 9.64. The van der Waals surface area contributed by atoms with Crippen LogP contribution in [0.4, 0.5) is 0 Å². The zero-order chi connectivity index (χ0) is 8.27. The summed E-state index contributed by atoms with van der Waals surface area (Å²) >= 11 is 0. The van der Waals surface area contributed by atoms with E-state index in [1.165, 1.54) is 0 Å². The molecule has 58 valence electrons. The third-order valence-electron chi connectivity index (χ3n) is 1.64. The van der Waals surface area contributed by atoms with Crippen molar-refractivity contribution in [3.8, 4) is 0 Å². The van der Waals surface area contributed by atoms with Gasteiger partial charge in [-0.2, -0.15) is 0 Å². The van der Waals surface area contributed by atoms with Crippen molar-refractivity contribution in [2.75, 3.05) is 0 Å². The number of hydrogen-bond donors (Lipinski definition) is 0. The van der Waals surface area contributed by atoms with E-state index in [9.17, 15) is 4.79 Å². The summed E-state index contributed by atoms with van der Waals surface area (Å²) in [6, 6.07) is 1.77. The van der Waals surface area contributed by atoms with Crippen molar-refractivity contribution < 1.29 is 4.79 Å². The minimum Gasteiger partial charge on any atom is -0.294 e. The second-order valence-corrected chi connectivity index (χ2v) is 2.47. The standard InChI is InChI=1S/C9H11NO/c1-3-9(11)8-4-5-10-6-7(8)2/h4-6H,3H2,1-2H3. The highest BCUT2D eigenvalue weighted by Crippen LogP contribution is 2.07. The molecule has 1 rings (SSSR count). The van der Waals surface area contributed by atoms with Crippen LogP contribution in [0.25, 0.3) is 0 Å². The van der Waals surface area contributed by atoms with E-state index in [0.717, 1.165) is 11.1 Å². The van der Waals surface area contributed by atoms with Crippen molar-refractivity contribution in [1.29, 1.82) is 0 Å². The Hall–Kier alpha value is -1.18. The minimum atomic E-state index is 0.185. The van der Waals surface area contributed by atoms with E-state index in [-0.39, 0.29) is 5.78 Å². The van der Waals surface area contributed by atoms with Crippen molar-refractivity contribution in [3.05, 3.63) is 29.6 Å². The smallest absolute Gasteiger partial charge is 0.162 e. The second kappa shape index (κ2) is 3.28. The quantitative estimate of drug-likeness (QED) is 0.602. The van der Waals surface area contributed by atoms with E-state index in [2.05, 4.69) is 4.98 Å². The lowest BCUT2D eigenvalue weighted by Crippen LogP contribution is -1.99. The third-order valence-corrected chi connectivity index (χ3v) is 1.64. The molecule has 0 radical (unpaired) electrons. The molecule has 0 amide bonds. The summed E-state index contributed by atoms with van der Waals surface area (Å²) in [5, 5.41) is 0. The molecule has 0 aliphatic heterocycles. The Bertz CT molecular complexity index is 268. The molecule has 0 aliphatic carbocycles. The molecule has 0 aliphatic rings. The van der Waals surface area contributed by atoms with Gasteiger partial charge in [-0.15, -0.1) is 0 Å². The number of pyridine rings is 1. The van der Waals surface area contributed by atoms with Gasteiger partial charge in [0, 0.05) is 24.4 Å². The SMILES string of the molecule is CCC(=O)c1ccncc1C. The van der Waals surface area contributed by atoms with Crippen molar-refractivity contribution in [2.24, 2.45) is 0 Å². The summed E-state index contributed by atoms with van der Waals surface area (Å²) in [6.07, 6.45) is 3.92. The molecule has 0 fully saturated rings. The van der Waals surface area contributed by atoms with Crippen LogP contribution < -0.4 is 0 Å². The molecule has 0 aromatic carbocycles. The molecule has 0 saturated carbocycles. The first kappa shape index (κ1) is 7.92. The zero-order valence-electron chi connectivity index (χ0n) is 6.79. The summed E-state index contributed by atoms with van der Waals surface area (Å²) < 4.78 is 0. The molecular weight excluding hydrogens is 138 g/mol. The summed E-state index contributed by atoms with van der Waals surface area (Å²) in [5.74, 6) is 0.185. The van der Waals surface area contributed by atoms with Gasteiger partial charge in [0.25, 0.3) is 0 Å². The first-order chi connectivity index (χ1) is 5.25. The first-order valence-corrected chi connectivity index (χ1v) is 3.69. The monoisotopic (exact) mass is 149 g/mol. The van der Waals surface area contributed by atoms with Gasteiger partial charge < -0.3 is 0 Å². The average Bonchev–Trinajstić information content (AvgIpc) is 2.04. The van der Waals surface area contributed by atoms with Crippen LogP contribution in [0.15, 0.2) is 18.5 Å². The summed E-state index contributed by atoms with van der Waals surface area (Å²) in [4.78, 5) is 15.1. The lowest BCUT2D eigenvalue weighted by atomic mass is 10.1. The number of aryl methyl sites for hydroxylation is 1. The van der Waals surface area contributed by atoms with Gasteiger partial charge in [-0.05, 0) is 18.6 Å². The number of aromatic nitrogens is 1. The van der Waals surface area contributed by atoms with Crippen LogP contribution >= 0.6 is 0 Å². The largest absolute Gasteiger partial charge is 0.294 e. The highest BCUT2D eigenvalue weighted by Gasteiger charge is 2.04. The van der Waals surface area contributed by atoms with E-state index in [0.29, 0.717) is 6.42 Å². The van der Waals surface area contributed by atoms with Gasteiger partial charge in [0.05, 0.1) is 0 Å². The highest BCUT2D eigenvalue weighted by molar-refractivity contribution is 5.96. The topological polar surface area (TPSA) is 30.0 Å². The molecule has 2 nitrogen and oxygen atoms in total. The fourth-order valence-corrected chi connectivity index (χ4v) is 0.977. The van der Waals surface area contributed by atoms with Gasteiger partial charge in [0.2, 0.25) is 0 Å². The van der Waals surface area contributed by atoms with Crippen LogP contribution in [-0.4, -0.2) is 10.8 Å². The zero-order valence-corrected chi connectivity index (χ0v) is 6.79. The first-order valence-electron chi connectivity index (χ1n) is 3.69. The van der Waals surface area contributed by atoms with Crippen LogP contribution in [0.3, 0.4) is 0 Å². The van der Waals surface area contributed by atoms with Crippen LogP contribution in [0.1, 0.15) is 29.3 Å². The summed E-state index contributed by atoms with van der Waals surface area (Å²) in [7, 11) is 0. The maximum Gasteiger partial charge on any atom is 0.162 e. The van der Waals surface area contributed by atoms with Gasteiger partial charge >= 0.3 is 0 Å². The Morgan fingerprint density at radius 2 is 2.36 bits per heavy atom. The molecule has 0 spiro atoms. The van der Waals surface area contributed by atoms with E-state index in [1.807, 2.05) is 13.8 Å². The molecular formula is C9H11NO. The van der Waals surface area contributed by atoms with E-state index < -0.39 is 0 Å². The predicted molar refractivity (Wildman–Crippen MR) is 43.6 cm³/mol. The number of hydrogen-bond acceptors (Lipinski definition) is 2. The maximum absolute atomic E-state index is 11.2. The predicted octanol–water partition coefficient (Wildman–Crippen LogP) is 1.98.